The summed E-state index contributed by atoms with van der Waals surface area (Å²) >= 11 is 0. The van der Waals surface area contributed by atoms with Crippen LogP contribution >= 0.6 is 0 Å². The third-order valence-electron chi connectivity index (χ3n) is 5.93. The minimum atomic E-state index is -0.346. The third-order valence-corrected chi connectivity index (χ3v) is 5.93. The molecule has 1 aliphatic heterocycles. The van der Waals surface area contributed by atoms with Crippen LogP contribution in [0.2, 0.25) is 0 Å². The molecule has 30 heavy (non-hydrogen) atoms. The molecule has 0 unspecified atom stereocenters. The van der Waals surface area contributed by atoms with Crippen molar-refractivity contribution in [2.24, 2.45) is 5.92 Å². The fourth-order valence-electron chi connectivity index (χ4n) is 4.25. The van der Waals surface area contributed by atoms with Gasteiger partial charge in [0.2, 0.25) is 0 Å². The van der Waals surface area contributed by atoms with Crippen LogP contribution < -0.4 is 15.2 Å². The molecular formula is C24H25FN2O3. The normalized spacial score (nSPS) is 14.8. The number of ketones is 1. The van der Waals surface area contributed by atoms with Crippen LogP contribution in [0, 0.1) is 11.7 Å². The summed E-state index contributed by atoms with van der Waals surface area (Å²) in [6.45, 7) is 3.80. The predicted molar refractivity (Wildman–Crippen MR) is 116 cm³/mol. The largest absolute Gasteiger partial charge is 0.497 e. The second kappa shape index (κ2) is 8.30. The zero-order valence-electron chi connectivity index (χ0n) is 17.2. The van der Waals surface area contributed by atoms with Crippen LogP contribution in [-0.4, -0.2) is 30.5 Å². The minimum Gasteiger partial charge on any atom is -0.497 e. The third kappa shape index (κ3) is 3.70. The van der Waals surface area contributed by atoms with Crippen molar-refractivity contribution >= 4 is 22.4 Å². The molecule has 0 N–H and O–H groups in total. The highest BCUT2D eigenvalue weighted by atomic mass is 19.1. The standard InChI is InChI=1S/C24H25FN2O3/c1-3-27-21-9-8-20(30-2)14-18(21)15-22(24(27)29)26-12-10-17(11-13-26)23(28)16-4-6-19(25)7-5-16/h4-9,14-15,17H,3,10-13H2,1-2H3. The minimum absolute atomic E-state index is 0.0153. The Bertz CT molecular complexity index is 1130. The van der Waals surface area contributed by atoms with Crippen LogP contribution in [0.5, 0.6) is 5.75 Å². The highest BCUT2D eigenvalue weighted by Gasteiger charge is 2.27. The number of aromatic nitrogens is 1. The van der Waals surface area contributed by atoms with Crippen molar-refractivity contribution in [2.75, 3.05) is 25.1 Å². The number of hydrogen-bond acceptors (Lipinski definition) is 4. The molecule has 156 valence electrons. The number of carbonyl (C=O) groups is 1. The van der Waals surface area contributed by atoms with E-state index in [0.717, 1.165) is 16.7 Å². The Kier molecular flexibility index (Phi) is 5.57. The van der Waals surface area contributed by atoms with E-state index >= 15 is 0 Å². The smallest absolute Gasteiger partial charge is 0.274 e. The molecule has 1 saturated heterocycles. The van der Waals surface area contributed by atoms with E-state index in [0.29, 0.717) is 43.7 Å². The number of hydrogen-bond donors (Lipinski definition) is 0. The number of Topliss-reactive ketones (excluding diaryl/α,β-unsaturated/α-hetero) is 1. The highest BCUT2D eigenvalue weighted by Crippen LogP contribution is 2.28. The zero-order valence-corrected chi connectivity index (χ0v) is 17.2. The molecule has 0 aliphatic carbocycles. The maximum atomic E-state index is 13.1. The molecule has 0 atom stereocenters. The molecule has 2 aromatic carbocycles. The lowest BCUT2D eigenvalue weighted by atomic mass is 9.88. The summed E-state index contributed by atoms with van der Waals surface area (Å²) in [5, 5.41) is 0.954. The van der Waals surface area contributed by atoms with Crippen LogP contribution in [0.3, 0.4) is 0 Å². The van der Waals surface area contributed by atoms with Crippen molar-refractivity contribution in [3.63, 3.8) is 0 Å². The number of anilines is 1. The van der Waals surface area contributed by atoms with Crippen LogP contribution in [0.15, 0.2) is 53.3 Å². The monoisotopic (exact) mass is 408 g/mol. The van der Waals surface area contributed by atoms with E-state index in [-0.39, 0.29) is 23.1 Å². The number of carbonyl (C=O) groups excluding carboxylic acids is 1. The van der Waals surface area contributed by atoms with Crippen molar-refractivity contribution in [1.29, 1.82) is 0 Å². The molecule has 2 heterocycles. The average molecular weight is 408 g/mol. The van der Waals surface area contributed by atoms with Gasteiger partial charge < -0.3 is 14.2 Å². The first-order valence-electron chi connectivity index (χ1n) is 10.3. The van der Waals surface area contributed by atoms with E-state index in [1.165, 1.54) is 12.1 Å². The van der Waals surface area contributed by atoms with Gasteiger partial charge in [0.15, 0.2) is 5.78 Å². The summed E-state index contributed by atoms with van der Waals surface area (Å²) in [6, 6.07) is 13.4. The van der Waals surface area contributed by atoms with E-state index in [1.807, 2.05) is 31.2 Å². The van der Waals surface area contributed by atoms with Crippen molar-refractivity contribution in [1.82, 2.24) is 4.57 Å². The number of halogens is 1. The first-order chi connectivity index (χ1) is 14.5. The number of methoxy groups -OCH3 is 1. The van der Waals surface area contributed by atoms with Gasteiger partial charge in [-0.15, -0.1) is 0 Å². The van der Waals surface area contributed by atoms with Crippen LogP contribution in [0.4, 0.5) is 10.1 Å². The Morgan fingerprint density at radius 3 is 2.43 bits per heavy atom. The topological polar surface area (TPSA) is 51.5 Å². The summed E-state index contributed by atoms with van der Waals surface area (Å²) < 4.78 is 20.2. The van der Waals surface area contributed by atoms with Gasteiger partial charge in [-0.2, -0.15) is 0 Å². The van der Waals surface area contributed by atoms with Gasteiger partial charge in [0, 0.05) is 36.5 Å². The molecule has 0 saturated carbocycles. The van der Waals surface area contributed by atoms with Crippen molar-refractivity contribution < 1.29 is 13.9 Å². The molecule has 5 nitrogen and oxygen atoms in total. The summed E-state index contributed by atoms with van der Waals surface area (Å²) in [5.74, 6) is 0.337. The molecule has 0 radical (unpaired) electrons. The maximum absolute atomic E-state index is 13.1. The average Bonchev–Trinajstić information content (AvgIpc) is 2.78. The lowest BCUT2D eigenvalue weighted by Gasteiger charge is -2.33. The van der Waals surface area contributed by atoms with E-state index in [2.05, 4.69) is 4.90 Å². The fraction of sp³-hybridized carbons (Fsp3) is 0.333. The second-order valence-corrected chi connectivity index (χ2v) is 7.64. The van der Waals surface area contributed by atoms with Gasteiger partial charge in [-0.25, -0.2) is 4.39 Å². The quantitative estimate of drug-likeness (QED) is 0.592. The Balaban J connectivity index is 1.58. The Hall–Kier alpha value is -3.15. The summed E-state index contributed by atoms with van der Waals surface area (Å²) in [6.07, 6.45) is 1.33. The first-order valence-corrected chi connectivity index (χ1v) is 10.3. The van der Waals surface area contributed by atoms with Crippen LogP contribution in [0.25, 0.3) is 10.9 Å². The van der Waals surface area contributed by atoms with Crippen molar-refractivity contribution in [3.8, 4) is 5.75 Å². The Morgan fingerprint density at radius 1 is 1.10 bits per heavy atom. The zero-order chi connectivity index (χ0) is 21.3. The second-order valence-electron chi connectivity index (χ2n) is 7.64. The molecule has 4 rings (SSSR count). The fourth-order valence-corrected chi connectivity index (χ4v) is 4.25. The van der Waals surface area contributed by atoms with Crippen molar-refractivity contribution in [2.45, 2.75) is 26.3 Å². The number of benzene rings is 2. The number of pyridine rings is 1. The van der Waals surface area contributed by atoms with E-state index in [4.69, 9.17) is 4.74 Å². The van der Waals surface area contributed by atoms with E-state index in [9.17, 15) is 14.0 Å². The van der Waals surface area contributed by atoms with Gasteiger partial charge in [0.05, 0.1) is 12.6 Å². The summed E-state index contributed by atoms with van der Waals surface area (Å²) in [7, 11) is 1.63. The highest BCUT2D eigenvalue weighted by molar-refractivity contribution is 5.98. The molecule has 1 aliphatic rings. The first kappa shape index (κ1) is 20.1. The number of nitrogens with zero attached hydrogens (tertiary/aromatic N) is 2. The molecule has 6 heteroatoms. The van der Waals surface area contributed by atoms with Gasteiger partial charge in [-0.05, 0) is 68.3 Å². The lowest BCUT2D eigenvalue weighted by molar-refractivity contribution is 0.0900. The molecule has 1 aromatic heterocycles. The number of aryl methyl sites for hydroxylation is 1. The molecule has 0 spiro atoms. The molecule has 0 bridgehead atoms. The predicted octanol–water partition coefficient (Wildman–Crippen LogP) is 4.27. The van der Waals surface area contributed by atoms with Crippen LogP contribution in [0.1, 0.15) is 30.1 Å². The number of ether oxygens (including phenoxy) is 1. The Morgan fingerprint density at radius 2 is 1.80 bits per heavy atom. The number of fused-ring (bicyclic) bond motifs is 1. The summed E-state index contributed by atoms with van der Waals surface area (Å²) in [4.78, 5) is 27.9. The summed E-state index contributed by atoms with van der Waals surface area (Å²) in [5.41, 5.74) is 2.07. The molecule has 3 aromatic rings. The van der Waals surface area contributed by atoms with E-state index in [1.54, 1.807) is 23.8 Å². The van der Waals surface area contributed by atoms with Gasteiger partial charge in [0.25, 0.3) is 5.56 Å². The number of rotatable bonds is 5. The number of piperidine rings is 1. The molecular weight excluding hydrogens is 383 g/mol. The van der Waals surface area contributed by atoms with Gasteiger partial charge in [-0.3, -0.25) is 9.59 Å². The van der Waals surface area contributed by atoms with Gasteiger partial charge >= 0.3 is 0 Å². The lowest BCUT2D eigenvalue weighted by Crippen LogP contribution is -2.40. The van der Waals surface area contributed by atoms with Gasteiger partial charge in [-0.1, -0.05) is 0 Å². The Labute approximate surface area is 174 Å². The van der Waals surface area contributed by atoms with Gasteiger partial charge in [0.1, 0.15) is 17.3 Å². The van der Waals surface area contributed by atoms with E-state index < -0.39 is 0 Å². The molecule has 0 amide bonds. The van der Waals surface area contributed by atoms with Crippen LogP contribution in [-0.2, 0) is 6.54 Å². The maximum Gasteiger partial charge on any atom is 0.274 e. The SMILES string of the molecule is CCn1c(=O)c(N2CCC(C(=O)c3ccc(F)cc3)CC2)cc2cc(OC)ccc21. The van der Waals surface area contributed by atoms with Crippen molar-refractivity contribution in [3.05, 3.63) is 70.3 Å². The molecule has 1 fully saturated rings.